The van der Waals surface area contributed by atoms with Gasteiger partial charge in [0.05, 0.1) is 16.1 Å². The first-order chi connectivity index (χ1) is 17.7. The Kier molecular flexibility index (Phi) is 8.38. The number of hydrogen-bond donors (Lipinski definition) is 2. The first-order valence-electron chi connectivity index (χ1n) is 12.3. The molecule has 37 heavy (non-hydrogen) atoms. The van der Waals surface area contributed by atoms with Gasteiger partial charge in [-0.05, 0) is 55.8 Å². The number of nitrogens with one attached hydrogen (secondary N) is 2. The molecule has 4 rings (SSSR count). The smallest absolute Gasteiger partial charge is 0.255 e. The molecule has 1 aliphatic heterocycles. The van der Waals surface area contributed by atoms with Gasteiger partial charge in [-0.1, -0.05) is 42.5 Å². The standard InChI is InChI=1S/C28H32N4O4S/c1-21(2)29-28(34)25-13-6-7-14-26(25)30-27(33)23-10-8-9-22(19-23)20-31-15-17-32(18-16-31)37(35,36)24-11-4-3-5-12-24/h3-14,19,21H,15-18,20H2,1-2H3,(H,29,34)(H,30,33). The lowest BCUT2D eigenvalue weighted by Gasteiger charge is -2.34. The third kappa shape index (κ3) is 6.62. The summed E-state index contributed by atoms with van der Waals surface area (Å²) in [6.07, 6.45) is 0. The molecule has 194 valence electrons. The number of rotatable bonds is 8. The first-order valence-corrected chi connectivity index (χ1v) is 13.8. The van der Waals surface area contributed by atoms with Crippen molar-refractivity contribution in [3.63, 3.8) is 0 Å². The molecule has 0 atom stereocenters. The highest BCUT2D eigenvalue weighted by molar-refractivity contribution is 7.89. The Balaban J connectivity index is 1.38. The Hall–Kier alpha value is -3.53. The van der Waals surface area contributed by atoms with Crippen molar-refractivity contribution in [3.05, 3.63) is 95.6 Å². The highest BCUT2D eigenvalue weighted by Crippen LogP contribution is 2.20. The first kappa shape index (κ1) is 26.5. The van der Waals surface area contributed by atoms with Gasteiger partial charge in [0, 0.05) is 44.3 Å². The minimum atomic E-state index is -3.50. The summed E-state index contributed by atoms with van der Waals surface area (Å²) in [7, 11) is -3.50. The van der Waals surface area contributed by atoms with Crippen LogP contribution in [0.4, 0.5) is 5.69 Å². The molecule has 0 spiro atoms. The van der Waals surface area contributed by atoms with Gasteiger partial charge in [-0.2, -0.15) is 4.31 Å². The van der Waals surface area contributed by atoms with Gasteiger partial charge in [0.15, 0.2) is 0 Å². The van der Waals surface area contributed by atoms with Crippen molar-refractivity contribution in [2.45, 2.75) is 31.3 Å². The summed E-state index contributed by atoms with van der Waals surface area (Å²) >= 11 is 0. The SMILES string of the molecule is CC(C)NC(=O)c1ccccc1NC(=O)c1cccc(CN2CCN(S(=O)(=O)c3ccccc3)CC2)c1. The second kappa shape index (κ2) is 11.7. The topological polar surface area (TPSA) is 98.8 Å². The second-order valence-electron chi connectivity index (χ2n) is 9.32. The number of carbonyl (C=O) groups is 2. The van der Waals surface area contributed by atoms with Gasteiger partial charge in [0.2, 0.25) is 10.0 Å². The van der Waals surface area contributed by atoms with Crippen LogP contribution in [0.2, 0.25) is 0 Å². The summed E-state index contributed by atoms with van der Waals surface area (Å²) in [5.74, 6) is -0.543. The monoisotopic (exact) mass is 520 g/mol. The van der Waals surface area contributed by atoms with Gasteiger partial charge in [0.1, 0.15) is 0 Å². The number of anilines is 1. The van der Waals surface area contributed by atoms with Gasteiger partial charge in [0.25, 0.3) is 11.8 Å². The maximum absolute atomic E-state index is 13.0. The van der Waals surface area contributed by atoms with E-state index in [1.807, 2.05) is 32.0 Å². The van der Waals surface area contributed by atoms with Gasteiger partial charge in [-0.3, -0.25) is 14.5 Å². The average molecular weight is 521 g/mol. The molecule has 0 aliphatic carbocycles. The number of amides is 2. The number of para-hydroxylation sites is 1. The fourth-order valence-electron chi connectivity index (χ4n) is 4.26. The van der Waals surface area contributed by atoms with E-state index < -0.39 is 10.0 Å². The maximum atomic E-state index is 13.0. The number of piperazine rings is 1. The molecule has 8 nitrogen and oxygen atoms in total. The average Bonchev–Trinajstić information content (AvgIpc) is 2.89. The van der Waals surface area contributed by atoms with E-state index in [0.29, 0.717) is 54.4 Å². The molecule has 2 amide bonds. The number of nitrogens with zero attached hydrogens (tertiary/aromatic N) is 2. The zero-order valence-electron chi connectivity index (χ0n) is 21.1. The van der Waals surface area contributed by atoms with Crippen LogP contribution in [0.5, 0.6) is 0 Å². The summed E-state index contributed by atoms with van der Waals surface area (Å²) in [4.78, 5) is 28.0. The minimum Gasteiger partial charge on any atom is -0.350 e. The van der Waals surface area contributed by atoms with Crippen molar-refractivity contribution in [1.29, 1.82) is 0 Å². The predicted octanol–water partition coefficient (Wildman–Crippen LogP) is 3.58. The molecule has 0 radical (unpaired) electrons. The molecule has 1 heterocycles. The molecule has 1 aliphatic rings. The quantitative estimate of drug-likeness (QED) is 0.473. The number of benzene rings is 3. The van der Waals surface area contributed by atoms with Crippen LogP contribution in [0.25, 0.3) is 0 Å². The lowest BCUT2D eigenvalue weighted by molar-refractivity contribution is 0.0944. The summed E-state index contributed by atoms with van der Waals surface area (Å²) in [5.41, 5.74) is 2.30. The second-order valence-corrected chi connectivity index (χ2v) is 11.3. The highest BCUT2D eigenvalue weighted by atomic mass is 32.2. The summed E-state index contributed by atoms with van der Waals surface area (Å²) in [6, 6.07) is 22.7. The van der Waals surface area contributed by atoms with Gasteiger partial charge in [-0.25, -0.2) is 8.42 Å². The zero-order chi connectivity index (χ0) is 26.4. The van der Waals surface area contributed by atoms with E-state index in [9.17, 15) is 18.0 Å². The molecule has 1 fully saturated rings. The zero-order valence-corrected chi connectivity index (χ0v) is 21.9. The van der Waals surface area contributed by atoms with E-state index in [4.69, 9.17) is 0 Å². The molecule has 3 aromatic rings. The van der Waals surface area contributed by atoms with Crippen LogP contribution in [0.1, 0.15) is 40.1 Å². The molecule has 0 aromatic heterocycles. The highest BCUT2D eigenvalue weighted by Gasteiger charge is 2.28. The molecular weight excluding hydrogens is 488 g/mol. The summed E-state index contributed by atoms with van der Waals surface area (Å²) < 4.78 is 27.3. The van der Waals surface area contributed by atoms with E-state index in [1.165, 1.54) is 4.31 Å². The number of sulfonamides is 1. The third-order valence-corrected chi connectivity index (χ3v) is 8.06. The van der Waals surface area contributed by atoms with Crippen molar-refractivity contribution in [3.8, 4) is 0 Å². The van der Waals surface area contributed by atoms with Crippen LogP contribution in [0, 0.1) is 0 Å². The fraction of sp³-hybridized carbons (Fsp3) is 0.286. The number of hydrogen-bond acceptors (Lipinski definition) is 5. The summed E-state index contributed by atoms with van der Waals surface area (Å²) in [6.45, 7) is 6.38. The van der Waals surface area contributed by atoms with E-state index in [0.717, 1.165) is 5.56 Å². The van der Waals surface area contributed by atoms with Gasteiger partial charge >= 0.3 is 0 Å². The predicted molar refractivity (Wildman–Crippen MR) is 144 cm³/mol. The Morgan fingerprint density at radius 1 is 0.838 bits per heavy atom. The molecule has 2 N–H and O–H groups in total. The molecular formula is C28H32N4O4S. The molecule has 0 bridgehead atoms. The van der Waals surface area contributed by atoms with Gasteiger partial charge < -0.3 is 10.6 Å². The Bertz CT molecular complexity index is 1350. The fourth-order valence-corrected chi connectivity index (χ4v) is 5.71. The van der Waals surface area contributed by atoms with E-state index in [-0.39, 0.29) is 17.9 Å². The van der Waals surface area contributed by atoms with Crippen molar-refractivity contribution in [2.24, 2.45) is 0 Å². The Morgan fingerprint density at radius 3 is 2.22 bits per heavy atom. The maximum Gasteiger partial charge on any atom is 0.255 e. The van der Waals surface area contributed by atoms with Crippen LogP contribution in [0.15, 0.2) is 83.8 Å². The lowest BCUT2D eigenvalue weighted by Crippen LogP contribution is -2.48. The summed E-state index contributed by atoms with van der Waals surface area (Å²) in [5, 5.41) is 5.71. The normalized spacial score (nSPS) is 14.9. The van der Waals surface area contributed by atoms with Crippen LogP contribution in [-0.4, -0.2) is 61.7 Å². The minimum absolute atomic E-state index is 0.0201. The largest absolute Gasteiger partial charge is 0.350 e. The van der Waals surface area contributed by atoms with Crippen LogP contribution in [-0.2, 0) is 16.6 Å². The van der Waals surface area contributed by atoms with Crippen molar-refractivity contribution < 1.29 is 18.0 Å². The van der Waals surface area contributed by atoms with Crippen LogP contribution in [0.3, 0.4) is 0 Å². The molecule has 0 saturated carbocycles. The van der Waals surface area contributed by atoms with Crippen molar-refractivity contribution >= 4 is 27.5 Å². The molecule has 3 aromatic carbocycles. The van der Waals surface area contributed by atoms with Crippen molar-refractivity contribution in [1.82, 2.24) is 14.5 Å². The number of carbonyl (C=O) groups excluding carboxylic acids is 2. The Labute approximate surface area is 218 Å². The van der Waals surface area contributed by atoms with Gasteiger partial charge in [-0.15, -0.1) is 0 Å². The lowest BCUT2D eigenvalue weighted by atomic mass is 10.1. The van der Waals surface area contributed by atoms with E-state index >= 15 is 0 Å². The Morgan fingerprint density at radius 2 is 1.51 bits per heavy atom. The van der Waals surface area contributed by atoms with E-state index in [2.05, 4.69) is 15.5 Å². The molecule has 9 heteroatoms. The molecule has 1 saturated heterocycles. The van der Waals surface area contributed by atoms with Crippen LogP contribution < -0.4 is 10.6 Å². The van der Waals surface area contributed by atoms with Crippen molar-refractivity contribution in [2.75, 3.05) is 31.5 Å². The molecule has 0 unspecified atom stereocenters. The van der Waals surface area contributed by atoms with Crippen LogP contribution >= 0.6 is 0 Å². The van der Waals surface area contributed by atoms with E-state index in [1.54, 1.807) is 60.7 Å². The third-order valence-electron chi connectivity index (χ3n) is 6.15.